The Bertz CT molecular complexity index is 1290. The lowest BCUT2D eigenvalue weighted by Gasteiger charge is -2.13. The van der Waals surface area contributed by atoms with Crippen LogP contribution in [0.2, 0.25) is 5.02 Å². The Morgan fingerprint density at radius 2 is 1.94 bits per heavy atom. The summed E-state index contributed by atoms with van der Waals surface area (Å²) in [6.07, 6.45) is 0.967. The number of aromatic nitrogens is 4. The normalized spacial score (nSPS) is 11.1. The predicted octanol–water partition coefficient (Wildman–Crippen LogP) is 4.79. The van der Waals surface area contributed by atoms with Crippen LogP contribution in [-0.2, 0) is 11.3 Å². The summed E-state index contributed by atoms with van der Waals surface area (Å²) in [5.41, 5.74) is 3.09. The van der Waals surface area contributed by atoms with Crippen LogP contribution in [0.25, 0.3) is 22.1 Å². The lowest BCUT2D eigenvalue weighted by Crippen LogP contribution is -2.15. The summed E-state index contributed by atoms with van der Waals surface area (Å²) in [6.45, 7) is 2.95. The second kappa shape index (κ2) is 9.62. The van der Waals surface area contributed by atoms with E-state index in [0.29, 0.717) is 27.4 Å². The van der Waals surface area contributed by atoms with Crippen LogP contribution in [0.1, 0.15) is 13.3 Å². The van der Waals surface area contributed by atoms with E-state index in [2.05, 4.69) is 33.1 Å². The quantitative estimate of drug-likeness (QED) is 0.369. The van der Waals surface area contributed by atoms with Gasteiger partial charge < -0.3 is 19.4 Å². The molecule has 1 amide bonds. The number of fused-ring (bicyclic) bond motifs is 3. The molecule has 2 aromatic heterocycles. The van der Waals surface area contributed by atoms with E-state index in [1.807, 2.05) is 18.2 Å². The largest absolute Gasteiger partial charge is 0.495 e. The average molecular weight is 472 g/mol. The molecule has 0 atom stereocenters. The molecule has 0 aliphatic rings. The smallest absolute Gasteiger partial charge is 0.234 e. The van der Waals surface area contributed by atoms with Crippen LogP contribution in [0.15, 0.2) is 41.6 Å². The number of amides is 1. The minimum Gasteiger partial charge on any atom is -0.495 e. The van der Waals surface area contributed by atoms with Crippen molar-refractivity contribution in [1.29, 1.82) is 0 Å². The fourth-order valence-corrected chi connectivity index (χ4v) is 4.29. The standard InChI is InChI=1S/C22H22ClN5O3S/c1-4-9-28-16-8-6-5-7-13(16)20-21(28)25-22(27-26-20)32-12-19(29)24-15-11-17(30-2)14(23)10-18(15)31-3/h5-8,10-11H,4,9,12H2,1-3H3,(H,24,29). The SMILES string of the molecule is CCCn1c2ccccc2c2nnc(SCC(=O)Nc3cc(OC)c(Cl)cc3OC)nc21. The van der Waals surface area contributed by atoms with Gasteiger partial charge >= 0.3 is 0 Å². The lowest BCUT2D eigenvalue weighted by atomic mass is 10.2. The van der Waals surface area contributed by atoms with E-state index in [9.17, 15) is 4.79 Å². The molecular weight excluding hydrogens is 450 g/mol. The number of para-hydroxylation sites is 1. The molecule has 8 nitrogen and oxygen atoms in total. The fraction of sp³-hybridized carbons (Fsp3) is 0.273. The van der Waals surface area contributed by atoms with E-state index in [1.54, 1.807) is 12.1 Å². The number of benzene rings is 2. The Morgan fingerprint density at radius 1 is 1.16 bits per heavy atom. The first-order valence-corrected chi connectivity index (χ1v) is 11.4. The van der Waals surface area contributed by atoms with Gasteiger partial charge in [-0.05, 0) is 12.5 Å². The second-order valence-electron chi connectivity index (χ2n) is 6.96. The minimum absolute atomic E-state index is 0.106. The maximum atomic E-state index is 12.6. The van der Waals surface area contributed by atoms with Gasteiger partial charge in [0.2, 0.25) is 11.1 Å². The Balaban J connectivity index is 1.54. The molecule has 0 spiro atoms. The van der Waals surface area contributed by atoms with Gasteiger partial charge in [-0.2, -0.15) is 0 Å². The number of methoxy groups -OCH3 is 2. The summed E-state index contributed by atoms with van der Waals surface area (Å²) in [4.78, 5) is 17.3. The van der Waals surface area contributed by atoms with Crippen molar-refractivity contribution in [2.45, 2.75) is 25.0 Å². The number of nitrogens with zero attached hydrogens (tertiary/aromatic N) is 4. The van der Waals surface area contributed by atoms with E-state index in [-0.39, 0.29) is 11.7 Å². The highest BCUT2D eigenvalue weighted by molar-refractivity contribution is 7.99. The van der Waals surface area contributed by atoms with Crippen LogP contribution in [0.3, 0.4) is 0 Å². The minimum atomic E-state index is -0.240. The van der Waals surface area contributed by atoms with E-state index < -0.39 is 0 Å². The summed E-state index contributed by atoms with van der Waals surface area (Å²) in [5, 5.41) is 13.3. The van der Waals surface area contributed by atoms with Gasteiger partial charge in [0, 0.05) is 24.1 Å². The van der Waals surface area contributed by atoms with Gasteiger partial charge in [-0.3, -0.25) is 4.79 Å². The number of anilines is 1. The maximum Gasteiger partial charge on any atom is 0.234 e. The van der Waals surface area contributed by atoms with Crippen molar-refractivity contribution in [1.82, 2.24) is 19.7 Å². The van der Waals surface area contributed by atoms with E-state index in [0.717, 1.165) is 35.0 Å². The van der Waals surface area contributed by atoms with Gasteiger partial charge in [-0.15, -0.1) is 10.2 Å². The highest BCUT2D eigenvalue weighted by Gasteiger charge is 2.16. The zero-order valence-electron chi connectivity index (χ0n) is 17.9. The van der Waals surface area contributed by atoms with Crippen molar-refractivity contribution in [2.75, 3.05) is 25.3 Å². The second-order valence-corrected chi connectivity index (χ2v) is 8.31. The molecular formula is C22H22ClN5O3S. The van der Waals surface area contributed by atoms with Gasteiger partial charge in [0.1, 0.15) is 17.0 Å². The van der Waals surface area contributed by atoms with E-state index in [4.69, 9.17) is 26.1 Å². The van der Waals surface area contributed by atoms with Gasteiger partial charge in [-0.1, -0.05) is 48.5 Å². The van der Waals surface area contributed by atoms with Crippen LogP contribution in [0.5, 0.6) is 11.5 Å². The Hall–Kier alpha value is -3.04. The molecule has 4 rings (SSSR count). The zero-order chi connectivity index (χ0) is 22.7. The summed E-state index contributed by atoms with van der Waals surface area (Å²) in [7, 11) is 3.01. The molecule has 2 aromatic carbocycles. The van der Waals surface area contributed by atoms with Gasteiger partial charge in [0.05, 0.1) is 36.2 Å². The van der Waals surface area contributed by atoms with E-state index in [1.165, 1.54) is 26.0 Å². The van der Waals surface area contributed by atoms with Crippen LogP contribution in [-0.4, -0.2) is 45.6 Å². The molecule has 0 saturated heterocycles. The van der Waals surface area contributed by atoms with Crippen molar-refractivity contribution >= 4 is 57.0 Å². The molecule has 32 heavy (non-hydrogen) atoms. The number of nitrogens with one attached hydrogen (secondary N) is 1. The molecule has 1 N–H and O–H groups in total. The lowest BCUT2D eigenvalue weighted by molar-refractivity contribution is -0.113. The predicted molar refractivity (Wildman–Crippen MR) is 127 cm³/mol. The highest BCUT2D eigenvalue weighted by Crippen LogP contribution is 2.36. The molecule has 0 radical (unpaired) electrons. The van der Waals surface area contributed by atoms with Crippen LogP contribution in [0, 0.1) is 0 Å². The molecule has 0 aliphatic carbocycles. The van der Waals surface area contributed by atoms with Gasteiger partial charge in [0.15, 0.2) is 5.65 Å². The van der Waals surface area contributed by atoms with Crippen molar-refractivity contribution in [3.8, 4) is 11.5 Å². The third-order valence-corrected chi connectivity index (χ3v) is 6.02. The van der Waals surface area contributed by atoms with Crippen molar-refractivity contribution in [3.63, 3.8) is 0 Å². The molecule has 2 heterocycles. The van der Waals surface area contributed by atoms with Crippen LogP contribution < -0.4 is 14.8 Å². The summed E-state index contributed by atoms with van der Waals surface area (Å²) in [5.74, 6) is 0.750. The molecule has 0 unspecified atom stereocenters. The topological polar surface area (TPSA) is 91.2 Å². The monoisotopic (exact) mass is 471 g/mol. The molecule has 10 heteroatoms. The van der Waals surface area contributed by atoms with Crippen LogP contribution >= 0.6 is 23.4 Å². The molecule has 0 saturated carbocycles. The Kier molecular flexibility index (Phi) is 6.66. The third-order valence-electron chi connectivity index (χ3n) is 4.88. The van der Waals surface area contributed by atoms with Crippen molar-refractivity contribution in [3.05, 3.63) is 41.4 Å². The number of hydrogen-bond acceptors (Lipinski definition) is 7. The zero-order valence-corrected chi connectivity index (χ0v) is 19.5. The number of hydrogen-bond donors (Lipinski definition) is 1. The fourth-order valence-electron chi connectivity index (χ4n) is 3.47. The number of carbonyl (C=O) groups excluding carboxylic acids is 1. The molecule has 166 valence electrons. The molecule has 0 bridgehead atoms. The van der Waals surface area contributed by atoms with E-state index >= 15 is 0 Å². The maximum absolute atomic E-state index is 12.6. The Labute approximate surface area is 194 Å². The first-order valence-electron chi connectivity index (χ1n) is 10.0. The summed E-state index contributed by atoms with van der Waals surface area (Å²) < 4.78 is 12.7. The number of rotatable bonds is 8. The summed E-state index contributed by atoms with van der Waals surface area (Å²) >= 11 is 7.34. The Morgan fingerprint density at radius 3 is 2.69 bits per heavy atom. The number of thioether (sulfide) groups is 1. The first kappa shape index (κ1) is 22.2. The highest BCUT2D eigenvalue weighted by atomic mass is 35.5. The number of carbonyl (C=O) groups is 1. The van der Waals surface area contributed by atoms with Gasteiger partial charge in [-0.25, -0.2) is 4.98 Å². The van der Waals surface area contributed by atoms with Crippen molar-refractivity contribution in [2.24, 2.45) is 0 Å². The number of ether oxygens (including phenoxy) is 2. The number of halogens is 1. The first-order chi connectivity index (χ1) is 15.5. The number of aryl methyl sites for hydroxylation is 1. The van der Waals surface area contributed by atoms with Gasteiger partial charge in [0.25, 0.3) is 0 Å². The molecule has 0 aliphatic heterocycles. The average Bonchev–Trinajstić information content (AvgIpc) is 3.12. The molecule has 4 aromatic rings. The summed E-state index contributed by atoms with van der Waals surface area (Å²) in [6, 6.07) is 11.3. The third kappa shape index (κ3) is 4.31. The van der Waals surface area contributed by atoms with Crippen LogP contribution in [0.4, 0.5) is 5.69 Å². The molecule has 0 fully saturated rings. The van der Waals surface area contributed by atoms with Crippen molar-refractivity contribution < 1.29 is 14.3 Å².